The average molecular weight is 452 g/mol. The molecular weight excluding hydrogens is 422 g/mol. The van der Waals surface area contributed by atoms with Crippen molar-refractivity contribution in [3.05, 3.63) is 95.6 Å². The number of aromatic nitrogens is 1. The lowest BCUT2D eigenvalue weighted by molar-refractivity contribution is -0.125. The molecule has 2 heterocycles. The second-order valence-electron chi connectivity index (χ2n) is 8.87. The summed E-state index contributed by atoms with van der Waals surface area (Å²) in [7, 11) is 2.07. The van der Waals surface area contributed by atoms with Crippen LogP contribution in [0.4, 0.5) is 0 Å². The summed E-state index contributed by atoms with van der Waals surface area (Å²) in [5.41, 5.74) is 5.89. The molecule has 0 spiro atoms. The molecule has 34 heavy (non-hydrogen) atoms. The number of benzene rings is 3. The molecule has 5 heteroatoms. The molecule has 2 amide bonds. The van der Waals surface area contributed by atoms with Gasteiger partial charge in [-0.05, 0) is 36.6 Å². The molecule has 0 aliphatic carbocycles. The Morgan fingerprint density at radius 2 is 1.65 bits per heavy atom. The average Bonchev–Trinajstić information content (AvgIpc) is 3.33. The number of fused-ring (bicyclic) bond motifs is 2. The van der Waals surface area contributed by atoms with E-state index in [1.165, 1.54) is 0 Å². The van der Waals surface area contributed by atoms with Gasteiger partial charge in [0.1, 0.15) is 6.04 Å². The van der Waals surface area contributed by atoms with E-state index in [4.69, 9.17) is 0 Å². The predicted octanol–water partition coefficient (Wildman–Crippen LogP) is 5.31. The summed E-state index contributed by atoms with van der Waals surface area (Å²) in [6.07, 6.45) is 0.845. The van der Waals surface area contributed by atoms with Crippen LogP contribution in [0.3, 0.4) is 0 Å². The minimum atomic E-state index is -0.612. The first-order chi connectivity index (χ1) is 16.5. The molecule has 4 aromatic rings. The first-order valence-electron chi connectivity index (χ1n) is 11.9. The number of hydrogen-bond donors (Lipinski definition) is 1. The number of hydrogen-bond acceptors (Lipinski definition) is 2. The number of nitrogens with zero attached hydrogens (tertiary/aromatic N) is 2. The zero-order valence-corrected chi connectivity index (χ0v) is 19.8. The van der Waals surface area contributed by atoms with Gasteiger partial charge in [0.15, 0.2) is 0 Å². The van der Waals surface area contributed by atoms with Gasteiger partial charge in [0, 0.05) is 35.6 Å². The van der Waals surface area contributed by atoms with Crippen molar-refractivity contribution in [2.45, 2.75) is 32.4 Å². The lowest BCUT2D eigenvalue weighted by Crippen LogP contribution is -2.47. The van der Waals surface area contributed by atoms with Crippen molar-refractivity contribution < 1.29 is 9.59 Å². The highest BCUT2D eigenvalue weighted by molar-refractivity contribution is 6.04. The van der Waals surface area contributed by atoms with Crippen LogP contribution in [-0.4, -0.2) is 33.9 Å². The minimum absolute atomic E-state index is 0.105. The number of aryl methyl sites for hydroxylation is 1. The SMILES string of the molecule is CCCNC(=O)C(C)N1C(=O)c2ccccc2C1c1c(-c2ccccc2)n(C)c2ccccc12. The number of amides is 2. The first kappa shape index (κ1) is 22.0. The van der Waals surface area contributed by atoms with E-state index < -0.39 is 6.04 Å². The van der Waals surface area contributed by atoms with Gasteiger partial charge < -0.3 is 14.8 Å². The topological polar surface area (TPSA) is 54.3 Å². The van der Waals surface area contributed by atoms with E-state index in [1.807, 2.05) is 68.4 Å². The van der Waals surface area contributed by atoms with Crippen LogP contribution in [0.15, 0.2) is 78.9 Å². The van der Waals surface area contributed by atoms with Gasteiger partial charge in [-0.25, -0.2) is 0 Å². The Kier molecular flexibility index (Phi) is 5.70. The molecule has 0 saturated heterocycles. The molecule has 2 atom stereocenters. The van der Waals surface area contributed by atoms with Gasteiger partial charge in [-0.3, -0.25) is 9.59 Å². The standard InChI is InChI=1S/C29H29N3O2/c1-4-18-30-28(33)19(2)32-27(21-14-8-9-15-22(21)29(32)34)25-23-16-10-11-17-24(23)31(3)26(25)20-12-6-5-7-13-20/h5-17,19,27H,4,18H2,1-3H3,(H,30,33). The second-order valence-corrected chi connectivity index (χ2v) is 8.87. The zero-order valence-electron chi connectivity index (χ0n) is 19.8. The number of nitrogens with one attached hydrogen (secondary N) is 1. The molecule has 0 saturated carbocycles. The number of carbonyl (C=O) groups excluding carboxylic acids is 2. The highest BCUT2D eigenvalue weighted by atomic mass is 16.2. The van der Waals surface area contributed by atoms with Gasteiger partial charge in [-0.1, -0.05) is 73.7 Å². The van der Waals surface area contributed by atoms with E-state index in [0.717, 1.165) is 39.7 Å². The third-order valence-corrected chi connectivity index (χ3v) is 6.81. The van der Waals surface area contributed by atoms with Crippen LogP contribution in [0.2, 0.25) is 0 Å². The summed E-state index contributed by atoms with van der Waals surface area (Å²) in [5, 5.41) is 4.07. The molecule has 0 fully saturated rings. The first-order valence-corrected chi connectivity index (χ1v) is 11.9. The molecular formula is C29H29N3O2. The summed E-state index contributed by atoms with van der Waals surface area (Å²) in [6, 6.07) is 25.3. The van der Waals surface area contributed by atoms with Crippen LogP contribution in [-0.2, 0) is 11.8 Å². The van der Waals surface area contributed by atoms with Crippen molar-refractivity contribution in [3.63, 3.8) is 0 Å². The van der Waals surface area contributed by atoms with Gasteiger partial charge in [0.25, 0.3) is 5.91 Å². The van der Waals surface area contributed by atoms with Gasteiger partial charge >= 0.3 is 0 Å². The molecule has 5 nitrogen and oxygen atoms in total. The van der Waals surface area contributed by atoms with E-state index in [1.54, 1.807) is 4.90 Å². The molecule has 1 aromatic heterocycles. The monoisotopic (exact) mass is 451 g/mol. The summed E-state index contributed by atoms with van der Waals surface area (Å²) in [5.74, 6) is -0.235. The van der Waals surface area contributed by atoms with Gasteiger partial charge in [0.2, 0.25) is 5.91 Å². The largest absolute Gasteiger partial charge is 0.354 e. The van der Waals surface area contributed by atoms with Gasteiger partial charge in [0.05, 0.1) is 11.7 Å². The van der Waals surface area contributed by atoms with E-state index in [0.29, 0.717) is 12.1 Å². The highest BCUT2D eigenvalue weighted by Gasteiger charge is 2.44. The molecule has 5 rings (SSSR count). The quantitative estimate of drug-likeness (QED) is 0.432. The van der Waals surface area contributed by atoms with Crippen LogP contribution in [0.25, 0.3) is 22.2 Å². The number of rotatable bonds is 6. The van der Waals surface area contributed by atoms with E-state index in [9.17, 15) is 9.59 Å². The molecule has 0 radical (unpaired) electrons. The van der Waals surface area contributed by atoms with Crippen LogP contribution in [0, 0.1) is 0 Å². The van der Waals surface area contributed by atoms with Crippen molar-refractivity contribution in [1.29, 1.82) is 0 Å². The van der Waals surface area contributed by atoms with Crippen molar-refractivity contribution >= 4 is 22.7 Å². The van der Waals surface area contributed by atoms with Gasteiger partial charge in [-0.15, -0.1) is 0 Å². The highest BCUT2D eigenvalue weighted by Crippen LogP contribution is 2.47. The molecule has 0 bridgehead atoms. The minimum Gasteiger partial charge on any atom is -0.354 e. The predicted molar refractivity (Wildman–Crippen MR) is 136 cm³/mol. The third kappa shape index (κ3) is 3.39. The van der Waals surface area contributed by atoms with E-state index in [2.05, 4.69) is 41.2 Å². The fourth-order valence-corrected chi connectivity index (χ4v) is 5.20. The molecule has 2 unspecified atom stereocenters. The Morgan fingerprint density at radius 1 is 0.971 bits per heavy atom. The normalized spacial score (nSPS) is 16.0. The maximum absolute atomic E-state index is 13.7. The lowest BCUT2D eigenvalue weighted by atomic mass is 9.92. The van der Waals surface area contributed by atoms with Crippen molar-refractivity contribution in [2.75, 3.05) is 6.54 Å². The van der Waals surface area contributed by atoms with E-state index in [-0.39, 0.29) is 17.9 Å². The van der Waals surface area contributed by atoms with Crippen LogP contribution in [0.5, 0.6) is 0 Å². The summed E-state index contributed by atoms with van der Waals surface area (Å²) in [4.78, 5) is 28.6. The fraction of sp³-hybridized carbons (Fsp3) is 0.241. The maximum atomic E-state index is 13.7. The molecule has 172 valence electrons. The molecule has 1 aliphatic heterocycles. The lowest BCUT2D eigenvalue weighted by Gasteiger charge is -2.31. The Balaban J connectivity index is 1.78. The summed E-state index contributed by atoms with van der Waals surface area (Å²) in [6.45, 7) is 4.44. The number of carbonyl (C=O) groups is 2. The van der Waals surface area contributed by atoms with Crippen molar-refractivity contribution in [1.82, 2.24) is 14.8 Å². The van der Waals surface area contributed by atoms with Crippen LogP contribution < -0.4 is 5.32 Å². The Hall–Kier alpha value is -3.86. The van der Waals surface area contributed by atoms with Gasteiger partial charge in [-0.2, -0.15) is 0 Å². The fourth-order valence-electron chi connectivity index (χ4n) is 5.20. The Labute approximate surface area is 200 Å². The van der Waals surface area contributed by atoms with Crippen LogP contribution in [0.1, 0.15) is 47.8 Å². The van der Waals surface area contributed by atoms with Crippen molar-refractivity contribution in [2.24, 2.45) is 7.05 Å². The smallest absolute Gasteiger partial charge is 0.255 e. The molecule has 1 aliphatic rings. The summed E-state index contributed by atoms with van der Waals surface area (Å²) >= 11 is 0. The van der Waals surface area contributed by atoms with Crippen molar-refractivity contribution in [3.8, 4) is 11.3 Å². The zero-order chi connectivity index (χ0) is 23.8. The Morgan fingerprint density at radius 3 is 2.41 bits per heavy atom. The Bertz CT molecular complexity index is 1370. The maximum Gasteiger partial charge on any atom is 0.255 e. The van der Waals surface area contributed by atoms with Crippen LogP contribution >= 0.6 is 0 Å². The third-order valence-electron chi connectivity index (χ3n) is 6.81. The molecule has 3 aromatic carbocycles. The van der Waals surface area contributed by atoms with E-state index >= 15 is 0 Å². The number of para-hydroxylation sites is 1. The molecule has 1 N–H and O–H groups in total. The summed E-state index contributed by atoms with van der Waals surface area (Å²) < 4.78 is 2.20. The second kappa shape index (κ2) is 8.82.